The lowest BCUT2D eigenvalue weighted by molar-refractivity contribution is 0.133. The van der Waals surface area contributed by atoms with Gasteiger partial charge in [-0.15, -0.1) is 0 Å². The Morgan fingerprint density at radius 1 is 0.963 bits per heavy atom. The van der Waals surface area contributed by atoms with Gasteiger partial charge in [0, 0.05) is 18.6 Å². The van der Waals surface area contributed by atoms with Gasteiger partial charge in [-0.2, -0.15) is 0 Å². The van der Waals surface area contributed by atoms with Crippen LogP contribution in [0.5, 0.6) is 0 Å². The second-order valence-corrected chi connectivity index (χ2v) is 7.70. The number of carbonyl (C=O) groups excluding carboxylic acids is 1. The standard InChI is InChI=1S/C23H27NO3/c25-14-13-16-9-11-17(12-10-16)24-23(26)27-15-22-20-7-3-1-5-18(20)19-6-2-4-8-21(19)22/h1-8,16-17,22,25H,9-15H2,(H,24,26). The van der Waals surface area contributed by atoms with E-state index in [-0.39, 0.29) is 24.7 Å². The Balaban J connectivity index is 1.35. The van der Waals surface area contributed by atoms with Crippen molar-refractivity contribution in [2.75, 3.05) is 13.2 Å². The minimum Gasteiger partial charge on any atom is -0.449 e. The van der Waals surface area contributed by atoms with Gasteiger partial charge in [-0.25, -0.2) is 4.79 Å². The van der Waals surface area contributed by atoms with Gasteiger partial charge < -0.3 is 15.2 Å². The van der Waals surface area contributed by atoms with Gasteiger partial charge in [0.25, 0.3) is 0 Å². The van der Waals surface area contributed by atoms with Crippen LogP contribution in [0, 0.1) is 5.92 Å². The first-order valence-corrected chi connectivity index (χ1v) is 9.98. The van der Waals surface area contributed by atoms with Gasteiger partial charge in [0.15, 0.2) is 0 Å². The molecular weight excluding hydrogens is 338 g/mol. The lowest BCUT2D eigenvalue weighted by Gasteiger charge is -2.28. The van der Waals surface area contributed by atoms with Crippen LogP contribution in [0.4, 0.5) is 4.79 Å². The number of hydrogen-bond acceptors (Lipinski definition) is 3. The quantitative estimate of drug-likeness (QED) is 0.822. The predicted octanol–water partition coefficient (Wildman–Crippen LogP) is 4.47. The molecule has 4 nitrogen and oxygen atoms in total. The molecule has 0 heterocycles. The minimum atomic E-state index is -0.317. The van der Waals surface area contributed by atoms with E-state index in [0.29, 0.717) is 12.5 Å². The molecule has 0 aromatic heterocycles. The molecule has 0 spiro atoms. The lowest BCUT2D eigenvalue weighted by atomic mass is 9.84. The molecule has 1 amide bonds. The summed E-state index contributed by atoms with van der Waals surface area (Å²) < 4.78 is 5.63. The molecule has 2 aliphatic carbocycles. The van der Waals surface area contributed by atoms with Crippen molar-refractivity contribution in [1.82, 2.24) is 5.32 Å². The van der Waals surface area contributed by atoms with Gasteiger partial charge >= 0.3 is 6.09 Å². The van der Waals surface area contributed by atoms with Crippen LogP contribution in [-0.4, -0.2) is 30.5 Å². The summed E-state index contributed by atoms with van der Waals surface area (Å²) in [5.41, 5.74) is 4.95. The molecule has 0 atom stereocenters. The molecule has 0 unspecified atom stereocenters. The Morgan fingerprint density at radius 2 is 1.56 bits per heavy atom. The average Bonchev–Trinajstić information content (AvgIpc) is 3.02. The van der Waals surface area contributed by atoms with Crippen molar-refractivity contribution in [2.45, 2.75) is 44.1 Å². The SMILES string of the molecule is O=C(NC1CCC(CCO)CC1)OCC1c2ccccc2-c2ccccc21. The maximum absolute atomic E-state index is 12.3. The number of aliphatic hydroxyl groups is 1. The maximum Gasteiger partial charge on any atom is 0.407 e. The van der Waals surface area contributed by atoms with Gasteiger partial charge in [0.1, 0.15) is 6.61 Å². The van der Waals surface area contributed by atoms with Crippen molar-refractivity contribution >= 4 is 6.09 Å². The second kappa shape index (κ2) is 8.13. The largest absolute Gasteiger partial charge is 0.449 e. The molecule has 2 aromatic carbocycles. The number of amides is 1. The number of fused-ring (bicyclic) bond motifs is 3. The van der Waals surface area contributed by atoms with Gasteiger partial charge in [0.05, 0.1) is 0 Å². The smallest absolute Gasteiger partial charge is 0.407 e. The van der Waals surface area contributed by atoms with Crippen molar-refractivity contribution in [3.63, 3.8) is 0 Å². The van der Waals surface area contributed by atoms with E-state index in [0.717, 1.165) is 32.1 Å². The number of hydrogen-bond donors (Lipinski definition) is 2. The number of nitrogens with one attached hydrogen (secondary N) is 1. The number of aliphatic hydroxyl groups excluding tert-OH is 1. The predicted molar refractivity (Wildman–Crippen MR) is 106 cm³/mol. The number of rotatable bonds is 5. The first-order valence-electron chi connectivity index (χ1n) is 9.98. The summed E-state index contributed by atoms with van der Waals surface area (Å²) in [6.07, 6.45) is 4.62. The third-order valence-corrected chi connectivity index (χ3v) is 6.05. The Labute approximate surface area is 160 Å². The summed E-state index contributed by atoms with van der Waals surface area (Å²) in [5.74, 6) is 0.694. The normalized spacial score (nSPS) is 21.4. The van der Waals surface area contributed by atoms with Gasteiger partial charge in [-0.05, 0) is 60.3 Å². The molecule has 2 aliphatic rings. The molecule has 0 saturated heterocycles. The summed E-state index contributed by atoms with van der Waals surface area (Å²) in [7, 11) is 0. The molecule has 142 valence electrons. The van der Waals surface area contributed by atoms with Gasteiger partial charge in [-0.3, -0.25) is 0 Å². The van der Waals surface area contributed by atoms with Gasteiger partial charge in [-0.1, -0.05) is 48.5 Å². The molecule has 0 radical (unpaired) electrons. The summed E-state index contributed by atoms with van der Waals surface area (Å²) in [5, 5.41) is 12.1. The summed E-state index contributed by atoms with van der Waals surface area (Å²) in [6, 6.07) is 16.9. The van der Waals surface area contributed by atoms with Crippen LogP contribution >= 0.6 is 0 Å². The highest BCUT2D eigenvalue weighted by Crippen LogP contribution is 2.44. The molecular formula is C23H27NO3. The maximum atomic E-state index is 12.3. The summed E-state index contributed by atoms with van der Waals surface area (Å²) in [6.45, 7) is 0.620. The Kier molecular flexibility index (Phi) is 5.44. The highest BCUT2D eigenvalue weighted by molar-refractivity contribution is 5.79. The zero-order valence-corrected chi connectivity index (χ0v) is 15.6. The topological polar surface area (TPSA) is 58.6 Å². The molecule has 4 heteroatoms. The molecule has 27 heavy (non-hydrogen) atoms. The highest BCUT2D eigenvalue weighted by atomic mass is 16.5. The second-order valence-electron chi connectivity index (χ2n) is 7.70. The van der Waals surface area contributed by atoms with Gasteiger partial charge in [0.2, 0.25) is 0 Å². The van der Waals surface area contributed by atoms with E-state index < -0.39 is 0 Å². The van der Waals surface area contributed by atoms with Crippen LogP contribution < -0.4 is 5.32 Å². The molecule has 1 saturated carbocycles. The number of carbonyl (C=O) groups is 1. The van der Waals surface area contributed by atoms with E-state index in [2.05, 4.69) is 41.7 Å². The zero-order valence-electron chi connectivity index (χ0n) is 15.6. The molecule has 2 N–H and O–H groups in total. The van der Waals surface area contributed by atoms with Crippen LogP contribution in [0.25, 0.3) is 11.1 Å². The highest BCUT2D eigenvalue weighted by Gasteiger charge is 2.29. The number of benzene rings is 2. The molecule has 0 aliphatic heterocycles. The van der Waals surface area contributed by atoms with E-state index in [1.165, 1.54) is 22.3 Å². The first-order chi connectivity index (χ1) is 13.3. The van der Waals surface area contributed by atoms with E-state index in [4.69, 9.17) is 9.84 Å². The Bertz CT molecular complexity index is 750. The summed E-state index contributed by atoms with van der Waals surface area (Å²) in [4.78, 5) is 12.3. The van der Waals surface area contributed by atoms with Crippen molar-refractivity contribution < 1.29 is 14.6 Å². The van der Waals surface area contributed by atoms with Crippen LogP contribution in [-0.2, 0) is 4.74 Å². The number of ether oxygens (including phenoxy) is 1. The zero-order chi connectivity index (χ0) is 18.6. The van der Waals surface area contributed by atoms with Crippen molar-refractivity contribution in [3.05, 3.63) is 59.7 Å². The monoisotopic (exact) mass is 365 g/mol. The molecule has 0 bridgehead atoms. The third-order valence-electron chi connectivity index (χ3n) is 6.05. The van der Waals surface area contributed by atoms with E-state index in [1.807, 2.05) is 12.1 Å². The fourth-order valence-electron chi connectivity index (χ4n) is 4.58. The molecule has 4 rings (SSSR count). The third kappa shape index (κ3) is 3.86. The molecule has 1 fully saturated rings. The number of alkyl carbamates (subject to hydrolysis) is 1. The van der Waals surface area contributed by atoms with Crippen LogP contribution in [0.1, 0.15) is 49.1 Å². The fraction of sp³-hybridized carbons (Fsp3) is 0.435. The first kappa shape index (κ1) is 18.1. The van der Waals surface area contributed by atoms with Crippen molar-refractivity contribution in [2.24, 2.45) is 5.92 Å². The summed E-state index contributed by atoms with van der Waals surface area (Å²) >= 11 is 0. The fourth-order valence-corrected chi connectivity index (χ4v) is 4.58. The van der Waals surface area contributed by atoms with E-state index in [9.17, 15) is 4.79 Å². The molecule has 2 aromatic rings. The Hall–Kier alpha value is -2.33. The Morgan fingerprint density at radius 3 is 2.15 bits per heavy atom. The van der Waals surface area contributed by atoms with E-state index in [1.54, 1.807) is 0 Å². The van der Waals surface area contributed by atoms with Crippen molar-refractivity contribution in [1.29, 1.82) is 0 Å². The minimum absolute atomic E-state index is 0.100. The van der Waals surface area contributed by atoms with E-state index >= 15 is 0 Å². The van der Waals surface area contributed by atoms with Crippen LogP contribution in [0.2, 0.25) is 0 Å². The van der Waals surface area contributed by atoms with Crippen molar-refractivity contribution in [3.8, 4) is 11.1 Å². The van der Waals surface area contributed by atoms with Crippen LogP contribution in [0.3, 0.4) is 0 Å². The lowest BCUT2D eigenvalue weighted by Crippen LogP contribution is -2.38. The van der Waals surface area contributed by atoms with Crippen LogP contribution in [0.15, 0.2) is 48.5 Å². The average molecular weight is 365 g/mol.